The molecule has 1 aliphatic heterocycles. The van der Waals surface area contributed by atoms with E-state index in [-0.39, 0.29) is 24.8 Å². The second kappa shape index (κ2) is 13.2. The Kier molecular flexibility index (Phi) is 10.6. The van der Waals surface area contributed by atoms with Crippen molar-refractivity contribution in [2.24, 2.45) is 0 Å². The average molecular weight is 502 g/mol. The van der Waals surface area contributed by atoms with Crippen LogP contribution in [-0.4, -0.2) is 35.6 Å². The highest BCUT2D eigenvalue weighted by Crippen LogP contribution is 2.29. The minimum Gasteiger partial charge on any atom is -0.399 e. The number of rotatable bonds is 9. The number of anilines is 4. The molecule has 2 heterocycles. The van der Waals surface area contributed by atoms with E-state index in [1.165, 1.54) is 25.7 Å². The predicted molar refractivity (Wildman–Crippen MR) is 146 cm³/mol. The molecule has 1 atom stereocenters. The molecule has 9 heteroatoms. The van der Waals surface area contributed by atoms with Gasteiger partial charge in [-0.05, 0) is 49.7 Å². The number of hydrogen-bond acceptors (Lipinski definition) is 7. The fourth-order valence-corrected chi connectivity index (χ4v) is 4.25. The molecule has 1 saturated heterocycles. The molecule has 34 heavy (non-hydrogen) atoms. The van der Waals surface area contributed by atoms with E-state index in [4.69, 9.17) is 15.7 Å². The molecule has 1 aliphatic rings. The number of fused-ring (bicyclic) bond motifs is 1. The zero-order valence-corrected chi connectivity index (χ0v) is 21.1. The summed E-state index contributed by atoms with van der Waals surface area (Å²) in [5.41, 5.74) is 8.57. The maximum atomic E-state index is 9.23. The van der Waals surface area contributed by atoms with Crippen molar-refractivity contribution < 1.29 is 0 Å². The fraction of sp³-hybridized carbons (Fsp3) is 0.400. The quantitative estimate of drug-likeness (QED) is 0.265. The van der Waals surface area contributed by atoms with Gasteiger partial charge < -0.3 is 21.3 Å². The molecule has 1 unspecified atom stereocenters. The Morgan fingerprint density at radius 2 is 1.94 bits per heavy atom. The van der Waals surface area contributed by atoms with Crippen molar-refractivity contribution in [2.75, 3.05) is 35.6 Å². The first-order valence-corrected chi connectivity index (χ1v) is 11.5. The summed E-state index contributed by atoms with van der Waals surface area (Å²) in [6, 6.07) is 15.9. The maximum Gasteiger partial charge on any atom is 0.229 e. The number of para-hydroxylation sites is 1. The molecule has 0 bridgehead atoms. The Bertz CT molecular complexity index is 1120. The Morgan fingerprint density at radius 1 is 1.12 bits per heavy atom. The van der Waals surface area contributed by atoms with E-state index in [1.54, 1.807) is 18.2 Å². The number of hydrogen-bond donors (Lipinski definition) is 3. The number of unbranched alkanes of at least 4 members (excludes halogenated alkanes) is 3. The summed E-state index contributed by atoms with van der Waals surface area (Å²) in [6.45, 7) is 5.22. The Morgan fingerprint density at radius 3 is 2.74 bits per heavy atom. The van der Waals surface area contributed by atoms with Gasteiger partial charge in [-0.3, -0.25) is 0 Å². The molecule has 182 valence electrons. The third kappa shape index (κ3) is 6.86. The molecule has 1 aromatic heterocycles. The number of nitrogens with one attached hydrogen (secondary N) is 2. The van der Waals surface area contributed by atoms with Gasteiger partial charge >= 0.3 is 0 Å². The minimum absolute atomic E-state index is 0. The monoisotopic (exact) mass is 501 g/mol. The summed E-state index contributed by atoms with van der Waals surface area (Å²) in [7, 11) is 0. The van der Waals surface area contributed by atoms with Crippen LogP contribution in [0.2, 0.25) is 0 Å². The van der Waals surface area contributed by atoms with Gasteiger partial charge in [-0.1, -0.05) is 38.3 Å². The lowest BCUT2D eigenvalue weighted by molar-refractivity contribution is 0.522. The van der Waals surface area contributed by atoms with Crippen LogP contribution in [0.3, 0.4) is 0 Å². The van der Waals surface area contributed by atoms with Crippen LogP contribution in [0.15, 0.2) is 42.5 Å². The van der Waals surface area contributed by atoms with Crippen LogP contribution in [0, 0.1) is 11.3 Å². The second-order valence-electron chi connectivity index (χ2n) is 8.41. The van der Waals surface area contributed by atoms with Gasteiger partial charge in [0.2, 0.25) is 5.95 Å². The van der Waals surface area contributed by atoms with Gasteiger partial charge in [0.25, 0.3) is 0 Å². The van der Waals surface area contributed by atoms with Crippen molar-refractivity contribution in [1.29, 1.82) is 5.26 Å². The van der Waals surface area contributed by atoms with Gasteiger partial charge in [0.05, 0.1) is 17.1 Å². The lowest BCUT2D eigenvalue weighted by Gasteiger charge is -2.21. The topological polar surface area (TPSA) is 103 Å². The third-order valence-electron chi connectivity index (χ3n) is 5.87. The van der Waals surface area contributed by atoms with Crippen LogP contribution in [0.1, 0.15) is 44.6 Å². The molecule has 0 amide bonds. The summed E-state index contributed by atoms with van der Waals surface area (Å²) < 4.78 is 0. The molecule has 3 aromatic rings. The van der Waals surface area contributed by atoms with Crippen molar-refractivity contribution in [1.82, 2.24) is 15.3 Å². The molecule has 0 spiro atoms. The lowest BCUT2D eigenvalue weighted by Crippen LogP contribution is -2.33. The van der Waals surface area contributed by atoms with Crippen LogP contribution in [0.4, 0.5) is 23.1 Å². The van der Waals surface area contributed by atoms with Gasteiger partial charge in [-0.2, -0.15) is 10.2 Å². The van der Waals surface area contributed by atoms with Crippen molar-refractivity contribution in [3.8, 4) is 6.07 Å². The number of nitrogens with zero attached hydrogens (tertiary/aromatic N) is 4. The summed E-state index contributed by atoms with van der Waals surface area (Å²) in [5.74, 6) is 1.45. The summed E-state index contributed by atoms with van der Waals surface area (Å²) in [6.07, 6.45) is 6.21. The van der Waals surface area contributed by atoms with E-state index in [0.29, 0.717) is 28.9 Å². The second-order valence-corrected chi connectivity index (χ2v) is 8.41. The fourth-order valence-electron chi connectivity index (χ4n) is 4.25. The Balaban J connectivity index is 0.00000204. The number of halogens is 2. The largest absolute Gasteiger partial charge is 0.399 e. The first-order valence-electron chi connectivity index (χ1n) is 11.5. The maximum absolute atomic E-state index is 9.23. The van der Waals surface area contributed by atoms with E-state index in [2.05, 4.69) is 34.6 Å². The molecule has 0 saturated carbocycles. The van der Waals surface area contributed by atoms with Gasteiger partial charge in [-0.15, -0.1) is 24.8 Å². The average Bonchev–Trinajstić information content (AvgIpc) is 3.27. The molecule has 0 radical (unpaired) electrons. The van der Waals surface area contributed by atoms with Crippen molar-refractivity contribution >= 4 is 58.9 Å². The summed E-state index contributed by atoms with van der Waals surface area (Å²) >= 11 is 0. The molecule has 7 nitrogen and oxygen atoms in total. The zero-order valence-electron chi connectivity index (χ0n) is 19.5. The normalized spacial score (nSPS) is 14.8. The van der Waals surface area contributed by atoms with E-state index < -0.39 is 0 Å². The molecule has 0 aliphatic carbocycles. The van der Waals surface area contributed by atoms with E-state index in [9.17, 15) is 5.26 Å². The summed E-state index contributed by atoms with van der Waals surface area (Å²) in [5, 5.41) is 17.2. The minimum atomic E-state index is 0. The third-order valence-corrected chi connectivity index (χ3v) is 5.87. The van der Waals surface area contributed by atoms with E-state index in [0.717, 1.165) is 42.8 Å². The molecular weight excluding hydrogens is 469 g/mol. The highest BCUT2D eigenvalue weighted by molar-refractivity contribution is 5.91. The van der Waals surface area contributed by atoms with E-state index >= 15 is 0 Å². The Hall–Kier alpha value is -2.79. The van der Waals surface area contributed by atoms with Crippen LogP contribution >= 0.6 is 24.8 Å². The standard InChI is InChI=1S/C25H31N7.2ClH/c1-2-3-4-7-11-28-20-10-12-32(17-20)24-22-8-5-6-9-23(22)30-25(31-24)29-21-14-18(16-26)13-19(27)15-21;;/h5-6,8-9,13-15,20,28H,2-4,7,10-12,17,27H2,1H3,(H,29,30,31);2*1H. The number of nitriles is 1. The SMILES string of the molecule is CCCCCCNC1CCN(c2nc(Nc3cc(N)cc(C#N)c3)nc3ccccc23)C1.Cl.Cl. The smallest absolute Gasteiger partial charge is 0.229 e. The van der Waals surface area contributed by atoms with Gasteiger partial charge in [0.1, 0.15) is 5.82 Å². The van der Waals surface area contributed by atoms with Crippen LogP contribution in [0.5, 0.6) is 0 Å². The van der Waals surface area contributed by atoms with Crippen molar-refractivity contribution in [3.63, 3.8) is 0 Å². The van der Waals surface area contributed by atoms with Gasteiger partial charge in [0.15, 0.2) is 0 Å². The number of nitrogen functional groups attached to an aromatic ring is 1. The Labute approximate surface area is 214 Å². The lowest BCUT2D eigenvalue weighted by atomic mass is 10.2. The number of aromatic nitrogens is 2. The van der Waals surface area contributed by atoms with Crippen LogP contribution < -0.4 is 21.3 Å². The first-order chi connectivity index (χ1) is 15.7. The van der Waals surface area contributed by atoms with Crippen molar-refractivity contribution in [2.45, 2.75) is 45.1 Å². The highest BCUT2D eigenvalue weighted by Gasteiger charge is 2.25. The predicted octanol–water partition coefficient (Wildman–Crippen LogP) is 5.42. The molecule has 4 rings (SSSR count). The number of nitrogens with two attached hydrogens (primary N) is 1. The molecular formula is C25H33Cl2N7. The van der Waals surface area contributed by atoms with Crippen LogP contribution in [-0.2, 0) is 0 Å². The highest BCUT2D eigenvalue weighted by atomic mass is 35.5. The molecule has 1 fully saturated rings. The first kappa shape index (κ1) is 27.5. The van der Waals surface area contributed by atoms with Crippen LogP contribution in [0.25, 0.3) is 10.9 Å². The van der Waals surface area contributed by atoms with Gasteiger partial charge in [0, 0.05) is 35.9 Å². The molecule has 2 aromatic carbocycles. The van der Waals surface area contributed by atoms with E-state index in [1.807, 2.05) is 18.2 Å². The number of benzene rings is 2. The summed E-state index contributed by atoms with van der Waals surface area (Å²) in [4.78, 5) is 11.9. The van der Waals surface area contributed by atoms with Crippen molar-refractivity contribution in [3.05, 3.63) is 48.0 Å². The zero-order chi connectivity index (χ0) is 22.3. The van der Waals surface area contributed by atoms with Gasteiger partial charge in [-0.25, -0.2) is 4.98 Å². The molecule has 4 N–H and O–H groups in total.